The van der Waals surface area contributed by atoms with E-state index in [1.165, 1.54) is 0 Å². The number of aromatic nitrogens is 5. The van der Waals surface area contributed by atoms with Gasteiger partial charge in [0.1, 0.15) is 5.82 Å². The summed E-state index contributed by atoms with van der Waals surface area (Å²) >= 11 is 0. The van der Waals surface area contributed by atoms with E-state index < -0.39 is 0 Å². The smallest absolute Gasteiger partial charge is 0.276 e. The topological polar surface area (TPSA) is 111 Å². The lowest BCUT2D eigenvalue weighted by atomic mass is 10.1. The second-order valence-corrected chi connectivity index (χ2v) is 5.74. The third kappa shape index (κ3) is 2.67. The number of hydrogen-bond donors (Lipinski definition) is 4. The number of nitrogens with one attached hydrogen (secondary N) is 4. The maximum atomic E-state index is 12.5. The van der Waals surface area contributed by atoms with E-state index in [4.69, 9.17) is 0 Å². The molecule has 1 aromatic carbocycles. The van der Waals surface area contributed by atoms with Crippen LogP contribution in [0.1, 0.15) is 27.6 Å². The largest absolute Gasteiger partial charge is 0.321 e. The molecule has 0 atom stereocenters. The molecular formula is C16H17N7O. The van der Waals surface area contributed by atoms with Gasteiger partial charge in [0.2, 0.25) is 0 Å². The molecule has 4 rings (SSSR count). The summed E-state index contributed by atoms with van der Waals surface area (Å²) in [5, 5.41) is 20.2. The van der Waals surface area contributed by atoms with E-state index in [-0.39, 0.29) is 5.91 Å². The van der Waals surface area contributed by atoms with E-state index in [0.29, 0.717) is 23.8 Å². The van der Waals surface area contributed by atoms with Gasteiger partial charge in [0.05, 0.1) is 0 Å². The summed E-state index contributed by atoms with van der Waals surface area (Å²) in [5.41, 5.74) is 3.93. The zero-order valence-electron chi connectivity index (χ0n) is 13.2. The number of aryl methyl sites for hydroxylation is 1. The van der Waals surface area contributed by atoms with Crippen molar-refractivity contribution >= 4 is 11.6 Å². The highest BCUT2D eigenvalue weighted by molar-refractivity contribution is 6.04. The Morgan fingerprint density at radius 1 is 1.25 bits per heavy atom. The molecule has 0 saturated carbocycles. The van der Waals surface area contributed by atoms with Crippen LogP contribution in [-0.4, -0.2) is 37.8 Å². The zero-order valence-corrected chi connectivity index (χ0v) is 13.2. The Kier molecular flexibility index (Phi) is 3.58. The van der Waals surface area contributed by atoms with Crippen LogP contribution in [0.4, 0.5) is 5.69 Å². The van der Waals surface area contributed by atoms with Crippen molar-refractivity contribution in [1.82, 2.24) is 30.7 Å². The van der Waals surface area contributed by atoms with Crippen molar-refractivity contribution in [2.45, 2.75) is 19.9 Å². The van der Waals surface area contributed by atoms with Crippen molar-refractivity contribution < 1.29 is 4.79 Å². The molecule has 1 aliphatic heterocycles. The molecule has 2 aromatic heterocycles. The highest BCUT2D eigenvalue weighted by Gasteiger charge is 2.21. The molecule has 8 nitrogen and oxygen atoms in total. The van der Waals surface area contributed by atoms with Gasteiger partial charge in [-0.05, 0) is 19.1 Å². The van der Waals surface area contributed by atoms with Crippen molar-refractivity contribution in [2.24, 2.45) is 0 Å². The summed E-state index contributed by atoms with van der Waals surface area (Å²) in [6.07, 6.45) is 0.856. The predicted molar refractivity (Wildman–Crippen MR) is 88.5 cm³/mol. The lowest BCUT2D eigenvalue weighted by molar-refractivity contribution is 0.102. The molecule has 4 N–H and O–H groups in total. The number of aromatic amines is 2. The Morgan fingerprint density at radius 3 is 3.00 bits per heavy atom. The molecule has 0 radical (unpaired) electrons. The number of amides is 1. The SMILES string of the molecule is Cc1nc(-c2cccc(NC(=O)c3n[nH]c4c3CNCC4)c2)n[nH]1. The number of hydrogen-bond acceptors (Lipinski definition) is 5. The van der Waals surface area contributed by atoms with Gasteiger partial charge >= 0.3 is 0 Å². The standard InChI is InChI=1S/C16H17N7O/c1-9-18-15(23-20-9)10-3-2-4-11(7-10)19-16(24)14-12-8-17-6-5-13(12)21-22-14/h2-4,7,17H,5-6,8H2,1H3,(H,19,24)(H,21,22)(H,18,20,23). The average Bonchev–Trinajstić information content (AvgIpc) is 3.21. The fourth-order valence-corrected chi connectivity index (χ4v) is 2.81. The van der Waals surface area contributed by atoms with E-state index >= 15 is 0 Å². The van der Waals surface area contributed by atoms with Crippen LogP contribution in [0.25, 0.3) is 11.4 Å². The van der Waals surface area contributed by atoms with E-state index in [9.17, 15) is 4.79 Å². The van der Waals surface area contributed by atoms with Crippen molar-refractivity contribution in [1.29, 1.82) is 0 Å². The van der Waals surface area contributed by atoms with Crippen molar-refractivity contribution in [3.63, 3.8) is 0 Å². The monoisotopic (exact) mass is 323 g/mol. The van der Waals surface area contributed by atoms with Crippen LogP contribution in [0.3, 0.4) is 0 Å². The number of rotatable bonds is 3. The highest BCUT2D eigenvalue weighted by Crippen LogP contribution is 2.21. The van der Waals surface area contributed by atoms with Crippen LogP contribution in [0.15, 0.2) is 24.3 Å². The first-order chi connectivity index (χ1) is 11.7. The van der Waals surface area contributed by atoms with Gasteiger partial charge in [-0.2, -0.15) is 10.2 Å². The zero-order chi connectivity index (χ0) is 16.5. The minimum Gasteiger partial charge on any atom is -0.321 e. The quantitative estimate of drug-likeness (QED) is 0.582. The molecule has 0 unspecified atom stereocenters. The maximum Gasteiger partial charge on any atom is 0.276 e. The Hall–Kier alpha value is -3.00. The lowest BCUT2D eigenvalue weighted by Crippen LogP contribution is -2.25. The Morgan fingerprint density at radius 2 is 2.17 bits per heavy atom. The summed E-state index contributed by atoms with van der Waals surface area (Å²) in [6, 6.07) is 7.44. The highest BCUT2D eigenvalue weighted by atomic mass is 16.1. The molecule has 8 heteroatoms. The second kappa shape index (κ2) is 5.89. The van der Waals surface area contributed by atoms with E-state index in [2.05, 4.69) is 36.0 Å². The number of nitrogens with zero attached hydrogens (tertiary/aromatic N) is 3. The Labute approximate surface area is 138 Å². The van der Waals surface area contributed by atoms with Gasteiger partial charge in [0, 0.05) is 42.0 Å². The number of fused-ring (bicyclic) bond motifs is 1. The number of anilines is 1. The first kappa shape index (κ1) is 14.6. The average molecular weight is 323 g/mol. The van der Waals surface area contributed by atoms with Gasteiger partial charge in [-0.1, -0.05) is 12.1 Å². The summed E-state index contributed by atoms with van der Waals surface area (Å²) in [4.78, 5) is 16.8. The fourth-order valence-electron chi connectivity index (χ4n) is 2.81. The van der Waals surface area contributed by atoms with Crippen LogP contribution in [0.2, 0.25) is 0 Å². The minimum atomic E-state index is -0.223. The van der Waals surface area contributed by atoms with Crippen LogP contribution < -0.4 is 10.6 Å². The van der Waals surface area contributed by atoms with Crippen molar-refractivity contribution in [3.8, 4) is 11.4 Å². The summed E-state index contributed by atoms with van der Waals surface area (Å²) in [6.45, 7) is 3.40. The van der Waals surface area contributed by atoms with E-state index in [1.54, 1.807) is 0 Å². The molecule has 1 amide bonds. The molecule has 0 bridgehead atoms. The predicted octanol–water partition coefficient (Wildman–Crippen LogP) is 1.40. The van der Waals surface area contributed by atoms with E-state index in [0.717, 1.165) is 35.6 Å². The van der Waals surface area contributed by atoms with E-state index in [1.807, 2.05) is 31.2 Å². The molecule has 0 fully saturated rings. The first-order valence-electron chi connectivity index (χ1n) is 7.78. The molecular weight excluding hydrogens is 306 g/mol. The van der Waals surface area contributed by atoms with Crippen LogP contribution in [-0.2, 0) is 13.0 Å². The molecule has 0 spiro atoms. The molecule has 3 aromatic rings. The molecule has 1 aliphatic rings. The second-order valence-electron chi connectivity index (χ2n) is 5.74. The molecule has 3 heterocycles. The van der Waals surface area contributed by atoms with Crippen LogP contribution in [0.5, 0.6) is 0 Å². The maximum absolute atomic E-state index is 12.5. The van der Waals surface area contributed by atoms with Gasteiger partial charge < -0.3 is 10.6 Å². The minimum absolute atomic E-state index is 0.223. The number of H-pyrrole nitrogens is 2. The molecule has 0 aliphatic carbocycles. The fraction of sp³-hybridized carbons (Fsp3) is 0.250. The summed E-state index contributed by atoms with van der Waals surface area (Å²) in [7, 11) is 0. The lowest BCUT2D eigenvalue weighted by Gasteiger charge is -2.13. The Balaban J connectivity index is 1.57. The number of carbonyl (C=O) groups excluding carboxylic acids is 1. The summed E-state index contributed by atoms with van der Waals surface area (Å²) < 4.78 is 0. The molecule has 24 heavy (non-hydrogen) atoms. The van der Waals surface area contributed by atoms with Gasteiger partial charge in [0.25, 0.3) is 5.91 Å². The van der Waals surface area contributed by atoms with Gasteiger partial charge in [0.15, 0.2) is 11.5 Å². The van der Waals surface area contributed by atoms with Gasteiger partial charge in [-0.15, -0.1) is 0 Å². The van der Waals surface area contributed by atoms with Gasteiger partial charge in [-0.25, -0.2) is 4.98 Å². The van der Waals surface area contributed by atoms with Crippen molar-refractivity contribution in [3.05, 3.63) is 47.0 Å². The van der Waals surface area contributed by atoms with Crippen molar-refractivity contribution in [2.75, 3.05) is 11.9 Å². The normalized spacial score (nSPS) is 13.5. The van der Waals surface area contributed by atoms with Crippen LogP contribution >= 0.6 is 0 Å². The molecule has 0 saturated heterocycles. The number of carbonyl (C=O) groups is 1. The third-order valence-electron chi connectivity index (χ3n) is 4.00. The van der Waals surface area contributed by atoms with Gasteiger partial charge in [-0.3, -0.25) is 15.0 Å². The van der Waals surface area contributed by atoms with Crippen LogP contribution in [0, 0.1) is 6.92 Å². The number of benzene rings is 1. The molecule has 122 valence electrons. The first-order valence-corrected chi connectivity index (χ1v) is 7.78. The summed E-state index contributed by atoms with van der Waals surface area (Å²) in [5.74, 6) is 1.12. The third-order valence-corrected chi connectivity index (χ3v) is 4.00. The Bertz CT molecular complexity index is 895.